The summed E-state index contributed by atoms with van der Waals surface area (Å²) in [6.45, 7) is 1.52. The molecule has 0 heterocycles. The minimum absolute atomic E-state index is 0. The molecule has 0 aromatic carbocycles. The van der Waals surface area contributed by atoms with Crippen LogP contribution < -0.4 is 0 Å². The van der Waals surface area contributed by atoms with Gasteiger partial charge in [0.1, 0.15) is 0 Å². The Bertz CT molecular complexity index is 50.9. The SMILES string of the molecule is CCC(=O)OF.Cl. The molecule has 0 aromatic heterocycles. The molecule has 0 saturated carbocycles. The van der Waals surface area contributed by atoms with Crippen LogP contribution in [-0.2, 0) is 9.74 Å². The van der Waals surface area contributed by atoms with Crippen molar-refractivity contribution in [2.24, 2.45) is 0 Å². The zero-order valence-electron chi connectivity index (χ0n) is 3.81. The van der Waals surface area contributed by atoms with Crippen molar-refractivity contribution in [2.75, 3.05) is 0 Å². The van der Waals surface area contributed by atoms with E-state index in [1.807, 2.05) is 0 Å². The third kappa shape index (κ3) is 5.69. The summed E-state index contributed by atoms with van der Waals surface area (Å²) in [6.07, 6.45) is 0.0938. The van der Waals surface area contributed by atoms with E-state index in [1.54, 1.807) is 0 Å². The summed E-state index contributed by atoms with van der Waals surface area (Å²) < 4.78 is 10.5. The number of hydrogen-bond acceptors (Lipinski definition) is 2. The Balaban J connectivity index is 0. The maximum Gasteiger partial charge on any atom is 0.348 e. The van der Waals surface area contributed by atoms with Crippen LogP contribution in [0.3, 0.4) is 0 Å². The molecule has 0 aliphatic carbocycles. The molecule has 0 bridgehead atoms. The van der Waals surface area contributed by atoms with Crippen molar-refractivity contribution < 1.29 is 14.3 Å². The molecule has 0 N–H and O–H groups in total. The molecular weight excluding hydrogens is 122 g/mol. The molecule has 0 spiro atoms. The van der Waals surface area contributed by atoms with Gasteiger partial charge in [-0.1, -0.05) is 6.92 Å². The lowest BCUT2D eigenvalue weighted by Gasteiger charge is -1.79. The summed E-state index contributed by atoms with van der Waals surface area (Å²) in [4.78, 5) is 12.3. The molecule has 0 radical (unpaired) electrons. The number of halogens is 2. The van der Waals surface area contributed by atoms with Gasteiger partial charge < -0.3 is 0 Å². The van der Waals surface area contributed by atoms with E-state index >= 15 is 0 Å². The molecule has 7 heavy (non-hydrogen) atoms. The molecule has 0 rings (SSSR count). The van der Waals surface area contributed by atoms with Crippen LogP contribution in [0.1, 0.15) is 13.3 Å². The van der Waals surface area contributed by atoms with Crippen LogP contribution in [0.4, 0.5) is 4.53 Å². The Hall–Kier alpha value is -0.310. The highest BCUT2D eigenvalue weighted by molar-refractivity contribution is 5.85. The summed E-state index contributed by atoms with van der Waals surface area (Å²) in [5, 5.41) is 0. The van der Waals surface area contributed by atoms with Crippen LogP contribution in [0.25, 0.3) is 0 Å². The Morgan fingerprint density at radius 2 is 2.29 bits per heavy atom. The first-order chi connectivity index (χ1) is 2.81. The van der Waals surface area contributed by atoms with Gasteiger partial charge >= 0.3 is 5.97 Å². The lowest BCUT2D eigenvalue weighted by molar-refractivity contribution is -0.183. The van der Waals surface area contributed by atoms with E-state index in [4.69, 9.17) is 0 Å². The first-order valence-electron chi connectivity index (χ1n) is 1.62. The van der Waals surface area contributed by atoms with E-state index in [-0.39, 0.29) is 18.8 Å². The first-order valence-corrected chi connectivity index (χ1v) is 1.62. The third-order valence-corrected chi connectivity index (χ3v) is 0.375. The molecular formula is C3H6ClFO2. The highest BCUT2D eigenvalue weighted by Gasteiger charge is 1.92. The maximum absolute atomic E-state index is 10.5. The molecule has 0 unspecified atom stereocenters. The van der Waals surface area contributed by atoms with Crippen molar-refractivity contribution >= 4 is 18.4 Å². The normalized spacial score (nSPS) is 6.57. The number of carbonyl (C=O) groups excluding carboxylic acids is 1. The Morgan fingerprint density at radius 3 is 2.29 bits per heavy atom. The summed E-state index contributed by atoms with van der Waals surface area (Å²) in [7, 11) is 0. The summed E-state index contributed by atoms with van der Waals surface area (Å²) in [5.41, 5.74) is 0. The second-order valence-electron chi connectivity index (χ2n) is 0.803. The van der Waals surface area contributed by atoms with Gasteiger partial charge in [0, 0.05) is 10.9 Å². The minimum Gasteiger partial charge on any atom is -0.255 e. The van der Waals surface area contributed by atoms with Crippen LogP contribution in [0, 0.1) is 0 Å². The van der Waals surface area contributed by atoms with Crippen LogP contribution in [0.15, 0.2) is 0 Å². The van der Waals surface area contributed by atoms with Crippen molar-refractivity contribution in [1.29, 1.82) is 0 Å². The number of rotatable bonds is 1. The average molecular weight is 129 g/mol. The molecule has 0 saturated heterocycles. The number of hydrogen-bond donors (Lipinski definition) is 0. The lowest BCUT2D eigenvalue weighted by Crippen LogP contribution is -1.91. The molecule has 2 nitrogen and oxygen atoms in total. The summed E-state index contributed by atoms with van der Waals surface area (Å²) >= 11 is 0. The highest BCUT2D eigenvalue weighted by atomic mass is 35.5. The van der Waals surface area contributed by atoms with Gasteiger partial charge in [-0.05, 0) is 0 Å². The fourth-order valence-corrected chi connectivity index (χ4v) is 0.0546. The van der Waals surface area contributed by atoms with Gasteiger partial charge in [0.05, 0.1) is 0 Å². The minimum atomic E-state index is -0.824. The highest BCUT2D eigenvalue weighted by Crippen LogP contribution is 1.80. The molecule has 4 heteroatoms. The molecule has 0 aliphatic rings. The van der Waals surface area contributed by atoms with Gasteiger partial charge in [0.25, 0.3) is 0 Å². The van der Waals surface area contributed by atoms with Gasteiger partial charge in [-0.2, -0.15) is 0 Å². The van der Waals surface area contributed by atoms with Gasteiger partial charge in [-0.25, -0.2) is 4.79 Å². The molecule has 0 aliphatic heterocycles. The van der Waals surface area contributed by atoms with E-state index < -0.39 is 5.97 Å². The summed E-state index contributed by atoms with van der Waals surface area (Å²) in [5.74, 6) is -0.824. The smallest absolute Gasteiger partial charge is 0.255 e. The molecule has 0 amide bonds. The monoisotopic (exact) mass is 128 g/mol. The van der Waals surface area contributed by atoms with E-state index in [0.29, 0.717) is 0 Å². The predicted molar refractivity (Wildman–Crippen MR) is 24.7 cm³/mol. The van der Waals surface area contributed by atoms with Crippen molar-refractivity contribution in [3.05, 3.63) is 0 Å². The van der Waals surface area contributed by atoms with E-state index in [2.05, 4.69) is 4.94 Å². The lowest BCUT2D eigenvalue weighted by atomic mass is 10.5. The van der Waals surface area contributed by atoms with E-state index in [1.165, 1.54) is 6.92 Å². The van der Waals surface area contributed by atoms with Crippen LogP contribution in [-0.4, -0.2) is 5.97 Å². The van der Waals surface area contributed by atoms with Crippen molar-refractivity contribution in [3.8, 4) is 0 Å². The standard InChI is InChI=1S/C3H5FO2.ClH/c1-2-3(5)6-4;/h2H2,1H3;1H. The van der Waals surface area contributed by atoms with Crippen molar-refractivity contribution in [2.45, 2.75) is 13.3 Å². The van der Waals surface area contributed by atoms with Gasteiger partial charge in [0.2, 0.25) is 0 Å². The first kappa shape index (κ1) is 9.85. The van der Waals surface area contributed by atoms with Gasteiger partial charge in [0.15, 0.2) is 0 Å². The number of carbonyl (C=O) groups is 1. The second-order valence-corrected chi connectivity index (χ2v) is 0.803. The van der Waals surface area contributed by atoms with Crippen LogP contribution >= 0.6 is 12.4 Å². The summed E-state index contributed by atoms with van der Waals surface area (Å²) in [6, 6.07) is 0. The fraction of sp³-hybridized carbons (Fsp3) is 0.667. The fourth-order valence-electron chi connectivity index (χ4n) is 0.0546. The van der Waals surface area contributed by atoms with Crippen molar-refractivity contribution in [3.63, 3.8) is 0 Å². The second kappa shape index (κ2) is 5.69. The van der Waals surface area contributed by atoms with Crippen LogP contribution in [0.5, 0.6) is 0 Å². The zero-order valence-corrected chi connectivity index (χ0v) is 4.63. The quantitative estimate of drug-likeness (QED) is 0.531. The van der Waals surface area contributed by atoms with E-state index in [9.17, 15) is 9.32 Å². The molecule has 0 fully saturated rings. The molecule has 0 atom stereocenters. The van der Waals surface area contributed by atoms with E-state index in [0.717, 1.165) is 0 Å². The Morgan fingerprint density at radius 1 is 1.86 bits per heavy atom. The van der Waals surface area contributed by atoms with Gasteiger partial charge in [-0.3, -0.25) is 4.94 Å². The van der Waals surface area contributed by atoms with Gasteiger partial charge in [-0.15, -0.1) is 12.4 Å². The average Bonchev–Trinajstić information content (AvgIpc) is 1.65. The largest absolute Gasteiger partial charge is 0.348 e. The Labute approximate surface area is 47.0 Å². The maximum atomic E-state index is 10.5. The van der Waals surface area contributed by atoms with Crippen LogP contribution in [0.2, 0.25) is 0 Å². The third-order valence-electron chi connectivity index (χ3n) is 0.375. The molecule has 44 valence electrons. The Kier molecular flexibility index (Phi) is 8.00. The molecule has 0 aromatic rings. The zero-order chi connectivity index (χ0) is 4.99. The predicted octanol–water partition coefficient (Wildman–Crippen LogP) is 1.25. The van der Waals surface area contributed by atoms with Crippen molar-refractivity contribution in [1.82, 2.24) is 0 Å². The topological polar surface area (TPSA) is 26.3 Å².